The van der Waals surface area contributed by atoms with Crippen LogP contribution in [-0.4, -0.2) is 26.9 Å². The Bertz CT molecular complexity index is 897. The number of rotatable bonds is 7. The minimum absolute atomic E-state index is 0.0743. The number of sulfonamides is 1. The first-order chi connectivity index (χ1) is 12.8. The molecule has 0 unspecified atom stereocenters. The maximum atomic E-state index is 12.2. The molecule has 3 amide bonds. The first-order valence-corrected chi connectivity index (χ1v) is 10.6. The molecule has 27 heavy (non-hydrogen) atoms. The maximum Gasteiger partial charge on any atom is 0.328 e. The van der Waals surface area contributed by atoms with Crippen LogP contribution in [0.3, 0.4) is 0 Å². The molecule has 3 N–H and O–H groups in total. The Balaban J connectivity index is 2.00. The van der Waals surface area contributed by atoms with Gasteiger partial charge in [0.15, 0.2) is 0 Å². The number of amides is 3. The molecule has 2 aromatic rings. The summed E-state index contributed by atoms with van der Waals surface area (Å²) in [4.78, 5) is 23.7. The van der Waals surface area contributed by atoms with Gasteiger partial charge in [0.05, 0.1) is 4.90 Å². The molecule has 0 aliphatic carbocycles. The lowest BCUT2D eigenvalue weighted by atomic mass is 10.2. The molecule has 0 saturated heterocycles. The third-order valence-corrected chi connectivity index (χ3v) is 5.45. The van der Waals surface area contributed by atoms with Crippen molar-refractivity contribution >= 4 is 43.6 Å². The van der Waals surface area contributed by atoms with Gasteiger partial charge in [-0.3, -0.25) is 4.79 Å². The first-order valence-electron chi connectivity index (χ1n) is 8.29. The molecule has 0 aliphatic heterocycles. The van der Waals surface area contributed by atoms with Crippen molar-refractivity contribution in [3.05, 3.63) is 58.6 Å². The molecular formula is C18H20BrN3O4S. The van der Waals surface area contributed by atoms with E-state index in [9.17, 15) is 18.0 Å². The van der Waals surface area contributed by atoms with E-state index >= 15 is 0 Å². The number of carbonyl (C=O) groups excluding carboxylic acids is 2. The molecule has 0 fully saturated rings. The highest BCUT2D eigenvalue weighted by molar-refractivity contribution is 9.10. The Morgan fingerprint density at radius 2 is 1.63 bits per heavy atom. The second-order valence-corrected chi connectivity index (χ2v) is 8.30. The minimum Gasteiger partial charge on any atom is -0.337 e. The maximum absolute atomic E-state index is 12.2. The Morgan fingerprint density at radius 1 is 1.00 bits per heavy atom. The zero-order chi connectivity index (χ0) is 19.9. The summed E-state index contributed by atoms with van der Waals surface area (Å²) in [5.41, 5.74) is 0.912. The average molecular weight is 454 g/mol. The quantitative estimate of drug-likeness (QED) is 0.557. The number of benzene rings is 2. The van der Waals surface area contributed by atoms with Crippen molar-refractivity contribution in [1.29, 1.82) is 0 Å². The van der Waals surface area contributed by atoms with Crippen LogP contribution < -0.4 is 15.4 Å². The fourth-order valence-electron chi connectivity index (χ4n) is 2.12. The number of halogens is 1. The third-order valence-electron chi connectivity index (χ3n) is 3.57. The Morgan fingerprint density at radius 3 is 2.22 bits per heavy atom. The van der Waals surface area contributed by atoms with Gasteiger partial charge in [0.25, 0.3) is 15.9 Å². The SMILES string of the molecule is CCCCNC(=O)NS(=O)(=O)c1ccc(NC(=O)c2ccc(Br)cc2)cc1. The zero-order valence-corrected chi connectivity index (χ0v) is 17.1. The van der Waals surface area contributed by atoms with Crippen LogP contribution in [0.4, 0.5) is 10.5 Å². The van der Waals surface area contributed by atoms with E-state index in [1.165, 1.54) is 24.3 Å². The molecule has 2 aromatic carbocycles. The summed E-state index contributed by atoms with van der Waals surface area (Å²) in [6.07, 6.45) is 1.65. The van der Waals surface area contributed by atoms with E-state index in [0.29, 0.717) is 17.8 Å². The molecule has 0 bridgehead atoms. The van der Waals surface area contributed by atoms with Gasteiger partial charge < -0.3 is 10.6 Å². The van der Waals surface area contributed by atoms with Crippen molar-refractivity contribution < 1.29 is 18.0 Å². The number of urea groups is 1. The van der Waals surface area contributed by atoms with Gasteiger partial charge in [-0.25, -0.2) is 17.9 Å². The third kappa shape index (κ3) is 6.37. The fraction of sp³-hybridized carbons (Fsp3) is 0.222. The molecule has 0 saturated carbocycles. The molecule has 0 atom stereocenters. The van der Waals surface area contributed by atoms with E-state index in [2.05, 4.69) is 26.6 Å². The van der Waals surface area contributed by atoms with Crippen LogP contribution in [0.5, 0.6) is 0 Å². The minimum atomic E-state index is -3.98. The zero-order valence-electron chi connectivity index (χ0n) is 14.7. The first kappa shape index (κ1) is 20.9. The monoisotopic (exact) mass is 453 g/mol. The lowest BCUT2D eigenvalue weighted by molar-refractivity contribution is 0.102. The number of nitrogens with one attached hydrogen (secondary N) is 3. The van der Waals surface area contributed by atoms with Crippen LogP contribution in [0.15, 0.2) is 57.9 Å². The van der Waals surface area contributed by atoms with Gasteiger partial charge in [0.2, 0.25) is 0 Å². The lowest BCUT2D eigenvalue weighted by Gasteiger charge is -2.09. The van der Waals surface area contributed by atoms with E-state index in [4.69, 9.17) is 0 Å². The topological polar surface area (TPSA) is 104 Å². The van der Waals surface area contributed by atoms with Gasteiger partial charge in [0, 0.05) is 22.3 Å². The largest absolute Gasteiger partial charge is 0.337 e. The highest BCUT2D eigenvalue weighted by atomic mass is 79.9. The Kier molecular flexibility index (Phi) is 7.37. The van der Waals surface area contributed by atoms with E-state index in [0.717, 1.165) is 17.3 Å². The Labute approximate surface area is 166 Å². The Hall–Kier alpha value is -2.39. The van der Waals surface area contributed by atoms with Gasteiger partial charge in [-0.1, -0.05) is 29.3 Å². The molecule has 144 valence electrons. The summed E-state index contributed by atoms with van der Waals surface area (Å²) < 4.78 is 27.2. The molecule has 0 radical (unpaired) electrons. The van der Waals surface area contributed by atoms with Crippen LogP contribution in [-0.2, 0) is 10.0 Å². The summed E-state index contributed by atoms with van der Waals surface area (Å²) in [6, 6.07) is 11.6. The number of anilines is 1. The van der Waals surface area contributed by atoms with Crippen molar-refractivity contribution in [3.8, 4) is 0 Å². The number of carbonyl (C=O) groups is 2. The number of hydrogen-bond donors (Lipinski definition) is 3. The lowest BCUT2D eigenvalue weighted by Crippen LogP contribution is -2.39. The van der Waals surface area contributed by atoms with Crippen LogP contribution in [0.2, 0.25) is 0 Å². The average Bonchev–Trinajstić information content (AvgIpc) is 2.62. The standard InChI is InChI=1S/C18H20BrN3O4S/c1-2-3-12-20-18(24)22-27(25,26)16-10-8-15(9-11-16)21-17(23)13-4-6-14(19)7-5-13/h4-11H,2-3,12H2,1H3,(H,21,23)(H2,20,22,24). The summed E-state index contributed by atoms with van der Waals surface area (Å²) in [5, 5.41) is 5.16. The van der Waals surface area contributed by atoms with E-state index in [1.807, 2.05) is 11.6 Å². The van der Waals surface area contributed by atoms with E-state index < -0.39 is 16.1 Å². The van der Waals surface area contributed by atoms with Crippen molar-refractivity contribution in [2.75, 3.05) is 11.9 Å². The van der Waals surface area contributed by atoms with Gasteiger partial charge in [-0.15, -0.1) is 0 Å². The van der Waals surface area contributed by atoms with E-state index in [1.54, 1.807) is 24.3 Å². The predicted molar refractivity (Wildman–Crippen MR) is 107 cm³/mol. The smallest absolute Gasteiger partial charge is 0.328 e. The van der Waals surface area contributed by atoms with Gasteiger partial charge >= 0.3 is 6.03 Å². The van der Waals surface area contributed by atoms with Crippen molar-refractivity contribution in [2.45, 2.75) is 24.7 Å². The van der Waals surface area contributed by atoms with Crippen LogP contribution in [0.25, 0.3) is 0 Å². The summed E-state index contributed by atoms with van der Waals surface area (Å²) in [5.74, 6) is -0.313. The van der Waals surface area contributed by atoms with Gasteiger partial charge in [-0.2, -0.15) is 0 Å². The number of hydrogen-bond acceptors (Lipinski definition) is 4. The second kappa shape index (κ2) is 9.52. The van der Waals surface area contributed by atoms with Crippen LogP contribution in [0.1, 0.15) is 30.1 Å². The molecule has 7 nitrogen and oxygen atoms in total. The van der Waals surface area contributed by atoms with Crippen LogP contribution in [0, 0.1) is 0 Å². The summed E-state index contributed by atoms with van der Waals surface area (Å²) >= 11 is 3.30. The summed E-state index contributed by atoms with van der Waals surface area (Å²) in [7, 11) is -3.98. The molecule has 0 aromatic heterocycles. The van der Waals surface area contributed by atoms with E-state index in [-0.39, 0.29) is 10.8 Å². The van der Waals surface area contributed by atoms with Crippen LogP contribution >= 0.6 is 15.9 Å². The van der Waals surface area contributed by atoms with Crippen molar-refractivity contribution in [1.82, 2.24) is 10.0 Å². The van der Waals surface area contributed by atoms with Gasteiger partial charge in [0.1, 0.15) is 0 Å². The molecule has 0 spiro atoms. The molecule has 0 heterocycles. The highest BCUT2D eigenvalue weighted by Crippen LogP contribution is 2.16. The molecule has 9 heteroatoms. The molecule has 0 aliphatic rings. The number of unbranched alkanes of at least 4 members (excludes halogenated alkanes) is 1. The molecule has 2 rings (SSSR count). The second-order valence-electron chi connectivity index (χ2n) is 5.70. The van der Waals surface area contributed by atoms with Crippen molar-refractivity contribution in [3.63, 3.8) is 0 Å². The normalized spacial score (nSPS) is 10.9. The van der Waals surface area contributed by atoms with Crippen molar-refractivity contribution in [2.24, 2.45) is 0 Å². The molecular weight excluding hydrogens is 434 g/mol. The fourth-order valence-corrected chi connectivity index (χ4v) is 3.31. The highest BCUT2D eigenvalue weighted by Gasteiger charge is 2.17. The predicted octanol–water partition coefficient (Wildman–Crippen LogP) is 3.49. The van der Waals surface area contributed by atoms with Gasteiger partial charge in [-0.05, 0) is 55.0 Å². The summed E-state index contributed by atoms with van der Waals surface area (Å²) in [6.45, 7) is 2.37.